The van der Waals surface area contributed by atoms with E-state index in [1.807, 2.05) is 0 Å². The van der Waals surface area contributed by atoms with Crippen molar-refractivity contribution in [1.29, 1.82) is 0 Å². The van der Waals surface area contributed by atoms with Crippen LogP contribution < -0.4 is 0 Å². The van der Waals surface area contributed by atoms with Crippen molar-refractivity contribution in [3.63, 3.8) is 0 Å². The van der Waals surface area contributed by atoms with Crippen LogP contribution in [0.5, 0.6) is 0 Å². The number of hydrogen-bond acceptors (Lipinski definition) is 2. The standard InChI is InChI=1S/C11H7ClF3NO/c12-10-7(9(17)11(13,14)15)5-6-3-1-2-4-8(6)16-10/h1-5,9,17H. The minimum atomic E-state index is -4.76. The van der Waals surface area contributed by atoms with Gasteiger partial charge in [0.2, 0.25) is 0 Å². The van der Waals surface area contributed by atoms with E-state index in [0.717, 1.165) is 0 Å². The van der Waals surface area contributed by atoms with E-state index in [1.54, 1.807) is 24.3 Å². The van der Waals surface area contributed by atoms with Crippen LogP contribution in [-0.2, 0) is 0 Å². The van der Waals surface area contributed by atoms with Crippen LogP contribution in [0.2, 0.25) is 5.15 Å². The van der Waals surface area contributed by atoms with E-state index in [9.17, 15) is 13.2 Å². The highest BCUT2D eigenvalue weighted by Crippen LogP contribution is 2.36. The summed E-state index contributed by atoms with van der Waals surface area (Å²) in [7, 11) is 0. The number of fused-ring (bicyclic) bond motifs is 1. The monoisotopic (exact) mass is 261 g/mol. The quantitative estimate of drug-likeness (QED) is 0.797. The van der Waals surface area contributed by atoms with Crippen molar-refractivity contribution in [1.82, 2.24) is 4.98 Å². The Morgan fingerprint density at radius 3 is 2.53 bits per heavy atom. The maximum absolute atomic E-state index is 12.4. The minimum absolute atomic E-state index is 0.339. The predicted molar refractivity (Wildman–Crippen MR) is 57.8 cm³/mol. The molecule has 0 saturated heterocycles. The predicted octanol–water partition coefficient (Wildman–Crippen LogP) is 3.48. The number of aliphatic hydroxyl groups is 1. The number of rotatable bonds is 1. The Morgan fingerprint density at radius 2 is 1.88 bits per heavy atom. The summed E-state index contributed by atoms with van der Waals surface area (Å²) in [6.07, 6.45) is -7.37. The first-order chi connectivity index (χ1) is 7.89. The molecule has 6 heteroatoms. The molecule has 1 aromatic carbocycles. The van der Waals surface area contributed by atoms with Crippen molar-refractivity contribution >= 4 is 22.5 Å². The molecule has 0 radical (unpaired) electrons. The summed E-state index contributed by atoms with van der Waals surface area (Å²) in [5, 5.41) is 9.30. The van der Waals surface area contributed by atoms with Gasteiger partial charge in [-0.2, -0.15) is 13.2 Å². The Hall–Kier alpha value is -1.33. The molecule has 1 aromatic heterocycles. The maximum Gasteiger partial charge on any atom is 0.418 e. The molecule has 2 nitrogen and oxygen atoms in total. The molecule has 0 aliphatic heterocycles. The third kappa shape index (κ3) is 2.35. The number of halogens is 4. The summed E-state index contributed by atoms with van der Waals surface area (Å²) in [4.78, 5) is 3.82. The molecule has 1 atom stereocenters. The lowest BCUT2D eigenvalue weighted by Gasteiger charge is -2.16. The third-order valence-corrected chi connectivity index (χ3v) is 2.61. The molecule has 1 N–H and O–H groups in total. The molecule has 0 saturated carbocycles. The van der Waals surface area contributed by atoms with E-state index in [1.165, 1.54) is 6.07 Å². The van der Waals surface area contributed by atoms with Gasteiger partial charge in [-0.25, -0.2) is 4.98 Å². The molecule has 2 rings (SSSR count). The summed E-state index contributed by atoms with van der Waals surface area (Å²) in [6.45, 7) is 0. The van der Waals surface area contributed by atoms with Crippen LogP contribution in [0.3, 0.4) is 0 Å². The van der Waals surface area contributed by atoms with Gasteiger partial charge in [0.25, 0.3) is 0 Å². The molecule has 0 aliphatic carbocycles. The van der Waals surface area contributed by atoms with E-state index in [-0.39, 0.29) is 5.15 Å². The van der Waals surface area contributed by atoms with Crippen molar-refractivity contribution in [3.8, 4) is 0 Å². The Balaban J connectivity index is 2.58. The molecule has 2 aromatic rings. The topological polar surface area (TPSA) is 33.1 Å². The number of para-hydroxylation sites is 1. The lowest BCUT2D eigenvalue weighted by Crippen LogP contribution is -2.20. The number of alkyl halides is 3. The van der Waals surface area contributed by atoms with Crippen LogP contribution in [0.25, 0.3) is 10.9 Å². The Bertz CT molecular complexity index is 556. The molecule has 90 valence electrons. The van der Waals surface area contributed by atoms with Gasteiger partial charge in [-0.15, -0.1) is 0 Å². The van der Waals surface area contributed by atoms with Gasteiger partial charge >= 0.3 is 6.18 Å². The SMILES string of the molecule is OC(c1cc2ccccc2nc1Cl)C(F)(F)F. The van der Waals surface area contributed by atoms with Crippen LogP contribution in [0, 0.1) is 0 Å². The van der Waals surface area contributed by atoms with Gasteiger partial charge in [0.05, 0.1) is 5.52 Å². The number of pyridine rings is 1. The second-order valence-electron chi connectivity index (χ2n) is 3.51. The van der Waals surface area contributed by atoms with E-state index >= 15 is 0 Å². The molecule has 1 heterocycles. The first-order valence-corrected chi connectivity index (χ1v) is 5.07. The fraction of sp³-hybridized carbons (Fsp3) is 0.182. The van der Waals surface area contributed by atoms with Gasteiger partial charge in [-0.3, -0.25) is 0 Å². The zero-order chi connectivity index (χ0) is 12.6. The highest BCUT2D eigenvalue weighted by Gasteiger charge is 2.40. The Kier molecular flexibility index (Phi) is 2.97. The van der Waals surface area contributed by atoms with Crippen molar-refractivity contribution in [3.05, 3.63) is 41.0 Å². The van der Waals surface area contributed by atoms with Gasteiger partial charge in [-0.1, -0.05) is 29.8 Å². The van der Waals surface area contributed by atoms with E-state index < -0.39 is 17.8 Å². The molecule has 17 heavy (non-hydrogen) atoms. The van der Waals surface area contributed by atoms with Crippen molar-refractivity contribution in [2.45, 2.75) is 12.3 Å². The van der Waals surface area contributed by atoms with Crippen LogP contribution in [0.1, 0.15) is 11.7 Å². The van der Waals surface area contributed by atoms with Gasteiger partial charge < -0.3 is 5.11 Å². The number of aromatic nitrogens is 1. The minimum Gasteiger partial charge on any atom is -0.379 e. The van der Waals surface area contributed by atoms with Gasteiger partial charge in [0.15, 0.2) is 6.10 Å². The summed E-state index contributed by atoms with van der Waals surface area (Å²) in [5.41, 5.74) is 0.0495. The number of hydrogen-bond donors (Lipinski definition) is 1. The normalized spacial score (nSPS) is 13.9. The highest BCUT2D eigenvalue weighted by molar-refractivity contribution is 6.30. The smallest absolute Gasteiger partial charge is 0.379 e. The fourth-order valence-electron chi connectivity index (χ4n) is 1.48. The van der Waals surface area contributed by atoms with E-state index in [2.05, 4.69) is 4.98 Å². The first kappa shape index (κ1) is 12.1. The zero-order valence-corrected chi connectivity index (χ0v) is 9.13. The van der Waals surface area contributed by atoms with Gasteiger partial charge in [-0.05, 0) is 12.1 Å². The molecule has 0 spiro atoms. The van der Waals surface area contributed by atoms with Gasteiger partial charge in [0, 0.05) is 10.9 Å². The number of aliphatic hydroxyl groups excluding tert-OH is 1. The first-order valence-electron chi connectivity index (χ1n) is 4.69. The molecule has 0 amide bonds. The summed E-state index contributed by atoms with van der Waals surface area (Å²) in [6, 6.07) is 7.80. The maximum atomic E-state index is 12.4. The summed E-state index contributed by atoms with van der Waals surface area (Å²) < 4.78 is 37.1. The lowest BCUT2D eigenvalue weighted by atomic mass is 10.1. The Labute approximate surface area is 99.7 Å². The highest BCUT2D eigenvalue weighted by atomic mass is 35.5. The molecule has 0 bridgehead atoms. The number of benzene rings is 1. The summed E-state index contributed by atoms with van der Waals surface area (Å²) >= 11 is 5.63. The van der Waals surface area contributed by atoms with Crippen LogP contribution in [0.4, 0.5) is 13.2 Å². The molecule has 0 fully saturated rings. The third-order valence-electron chi connectivity index (χ3n) is 2.31. The second kappa shape index (κ2) is 4.16. The largest absolute Gasteiger partial charge is 0.418 e. The lowest BCUT2D eigenvalue weighted by molar-refractivity contribution is -0.206. The summed E-state index contributed by atoms with van der Waals surface area (Å²) in [5.74, 6) is 0. The number of nitrogens with zero attached hydrogens (tertiary/aromatic N) is 1. The fourth-order valence-corrected chi connectivity index (χ4v) is 1.73. The van der Waals surface area contributed by atoms with Crippen molar-refractivity contribution in [2.24, 2.45) is 0 Å². The van der Waals surface area contributed by atoms with Gasteiger partial charge in [0.1, 0.15) is 5.15 Å². The second-order valence-corrected chi connectivity index (χ2v) is 3.86. The average Bonchev–Trinajstić information content (AvgIpc) is 2.26. The molecule has 1 unspecified atom stereocenters. The van der Waals surface area contributed by atoms with E-state index in [4.69, 9.17) is 16.7 Å². The van der Waals surface area contributed by atoms with Crippen LogP contribution in [-0.4, -0.2) is 16.3 Å². The van der Waals surface area contributed by atoms with Crippen molar-refractivity contribution in [2.75, 3.05) is 0 Å². The van der Waals surface area contributed by atoms with Crippen molar-refractivity contribution < 1.29 is 18.3 Å². The zero-order valence-electron chi connectivity index (χ0n) is 8.37. The average molecular weight is 262 g/mol. The molecular formula is C11H7ClF3NO. The molecule has 0 aliphatic rings. The van der Waals surface area contributed by atoms with E-state index in [0.29, 0.717) is 10.9 Å². The van der Waals surface area contributed by atoms with Crippen LogP contribution in [0.15, 0.2) is 30.3 Å². The van der Waals surface area contributed by atoms with Crippen LogP contribution >= 0.6 is 11.6 Å². The Morgan fingerprint density at radius 1 is 1.24 bits per heavy atom. The molecular weight excluding hydrogens is 255 g/mol.